The van der Waals surface area contributed by atoms with Gasteiger partial charge in [-0.3, -0.25) is 8.42 Å². The molecule has 2 fully saturated rings. The first-order valence-corrected chi connectivity index (χ1v) is 14.6. The fourth-order valence-electron chi connectivity index (χ4n) is 4.96. The van der Waals surface area contributed by atoms with Crippen LogP contribution in [0.25, 0.3) is 0 Å². The molecule has 2 aliphatic rings. The Morgan fingerprint density at radius 2 is 0.882 bits per heavy atom. The van der Waals surface area contributed by atoms with Crippen LogP contribution in [0.2, 0.25) is 0 Å². The average molecular weight is 503 g/mol. The smallest absolute Gasteiger partial charge is 0.176 e. The van der Waals surface area contributed by atoms with Crippen molar-refractivity contribution in [1.82, 2.24) is 0 Å². The predicted molar refractivity (Wildman–Crippen MR) is 139 cm³/mol. The predicted octanol–water partition coefficient (Wildman–Crippen LogP) is 6.57. The van der Waals surface area contributed by atoms with E-state index in [9.17, 15) is 8.42 Å². The van der Waals surface area contributed by atoms with Crippen LogP contribution in [-0.4, -0.2) is 29.5 Å². The summed E-state index contributed by atoms with van der Waals surface area (Å²) in [6, 6.07) is 15.8. The standard InChI is InChI=1S/C28H38O4S2/c1-21-11-15-23(16-12-21)33(29)27(25(3,4)31-27)19-9-7-8-10-20-28(26(5,6)32-28)34(30)24-17-13-22(2)14-18-24/h11-18H,7-10,19-20H2,1-6H3. The fourth-order valence-corrected chi connectivity index (χ4v) is 8.61. The van der Waals surface area contributed by atoms with Crippen molar-refractivity contribution in [2.45, 2.75) is 111 Å². The van der Waals surface area contributed by atoms with Crippen LogP contribution in [-0.2, 0) is 31.1 Å². The second-order valence-electron chi connectivity index (χ2n) is 10.8. The highest BCUT2D eigenvalue weighted by Gasteiger charge is 2.68. The second kappa shape index (κ2) is 9.27. The summed E-state index contributed by atoms with van der Waals surface area (Å²) in [5.74, 6) is 0. The molecule has 34 heavy (non-hydrogen) atoms. The van der Waals surface area contributed by atoms with Crippen molar-refractivity contribution in [2.24, 2.45) is 0 Å². The summed E-state index contributed by atoms with van der Waals surface area (Å²) >= 11 is 0. The number of aryl methyl sites for hydroxylation is 2. The Labute approximate surface area is 209 Å². The lowest BCUT2D eigenvalue weighted by molar-refractivity contribution is 0.300. The van der Waals surface area contributed by atoms with Crippen molar-refractivity contribution in [3.63, 3.8) is 0 Å². The third kappa shape index (κ3) is 4.71. The molecule has 0 saturated carbocycles. The fraction of sp³-hybridized carbons (Fsp3) is 0.571. The van der Waals surface area contributed by atoms with E-state index in [0.29, 0.717) is 0 Å². The van der Waals surface area contributed by atoms with E-state index in [1.165, 1.54) is 0 Å². The maximum Gasteiger partial charge on any atom is 0.176 e. The first kappa shape index (κ1) is 25.7. The number of unbranched alkanes of at least 4 members (excludes halogenated alkanes) is 3. The third-order valence-corrected chi connectivity index (χ3v) is 11.6. The van der Waals surface area contributed by atoms with Gasteiger partial charge in [-0.15, -0.1) is 0 Å². The lowest BCUT2D eigenvalue weighted by atomic mass is 10.0. The maximum absolute atomic E-state index is 13.4. The van der Waals surface area contributed by atoms with Gasteiger partial charge < -0.3 is 9.47 Å². The molecule has 0 radical (unpaired) electrons. The summed E-state index contributed by atoms with van der Waals surface area (Å²) in [6.45, 7) is 12.2. The molecule has 6 heteroatoms. The van der Waals surface area contributed by atoms with Gasteiger partial charge in [0.1, 0.15) is 11.2 Å². The minimum absolute atomic E-state index is 0.371. The van der Waals surface area contributed by atoms with Gasteiger partial charge >= 0.3 is 0 Å². The third-order valence-electron chi connectivity index (χ3n) is 7.42. The monoisotopic (exact) mass is 502 g/mol. The van der Waals surface area contributed by atoms with Crippen LogP contribution in [0, 0.1) is 13.8 Å². The summed E-state index contributed by atoms with van der Waals surface area (Å²) in [5.41, 5.74) is 1.58. The van der Waals surface area contributed by atoms with E-state index >= 15 is 0 Å². The van der Waals surface area contributed by atoms with Gasteiger partial charge in [-0.25, -0.2) is 0 Å². The normalized spacial score (nSPS) is 28.3. The van der Waals surface area contributed by atoms with Crippen molar-refractivity contribution in [3.8, 4) is 0 Å². The molecule has 0 aromatic heterocycles. The molecule has 4 nitrogen and oxygen atoms in total. The number of hydrogen-bond donors (Lipinski definition) is 0. The highest BCUT2D eigenvalue weighted by Crippen LogP contribution is 2.56. The molecule has 2 aromatic rings. The van der Waals surface area contributed by atoms with E-state index in [1.807, 2.05) is 90.1 Å². The lowest BCUT2D eigenvalue weighted by Gasteiger charge is -2.17. The van der Waals surface area contributed by atoms with Crippen LogP contribution >= 0.6 is 0 Å². The quantitative estimate of drug-likeness (QED) is 0.258. The molecule has 4 atom stereocenters. The van der Waals surface area contributed by atoms with E-state index in [4.69, 9.17) is 9.47 Å². The maximum atomic E-state index is 13.4. The number of ether oxygens (including phenoxy) is 2. The van der Waals surface area contributed by atoms with Crippen molar-refractivity contribution < 1.29 is 17.9 Å². The molecule has 2 saturated heterocycles. The highest BCUT2D eigenvalue weighted by atomic mass is 32.2. The summed E-state index contributed by atoms with van der Waals surface area (Å²) in [6.07, 6.45) is 5.53. The number of benzene rings is 2. The summed E-state index contributed by atoms with van der Waals surface area (Å²) < 4.78 is 38.8. The molecule has 2 heterocycles. The molecule has 0 aliphatic carbocycles. The Bertz CT molecular complexity index is 987. The molecule has 2 aromatic carbocycles. The van der Waals surface area contributed by atoms with Gasteiger partial charge in [0.05, 0.1) is 21.6 Å². The number of epoxide rings is 2. The van der Waals surface area contributed by atoms with Gasteiger partial charge in [0.25, 0.3) is 0 Å². The SMILES string of the molecule is Cc1ccc(S(=O)C2(CCCCCCC3(S(=O)c4ccc(C)cc4)OC3(C)C)OC2(C)C)cc1. The van der Waals surface area contributed by atoms with Crippen molar-refractivity contribution in [3.05, 3.63) is 59.7 Å². The van der Waals surface area contributed by atoms with Crippen LogP contribution in [0.4, 0.5) is 0 Å². The number of hydrogen-bond acceptors (Lipinski definition) is 4. The molecule has 2 aliphatic heterocycles. The van der Waals surface area contributed by atoms with Crippen molar-refractivity contribution in [1.29, 1.82) is 0 Å². The molecule has 186 valence electrons. The zero-order chi connectivity index (χ0) is 24.8. The minimum Gasteiger partial charge on any atom is -0.348 e. The molecule has 4 rings (SSSR count). The molecular formula is C28H38O4S2. The van der Waals surface area contributed by atoms with Gasteiger partial charge in [0.2, 0.25) is 0 Å². The Morgan fingerprint density at radius 1 is 0.588 bits per heavy atom. The van der Waals surface area contributed by atoms with Gasteiger partial charge in [0, 0.05) is 9.79 Å². The van der Waals surface area contributed by atoms with E-state index in [2.05, 4.69) is 0 Å². The molecule has 0 N–H and O–H groups in total. The topological polar surface area (TPSA) is 59.2 Å². The summed E-state index contributed by atoms with van der Waals surface area (Å²) in [7, 11) is -2.39. The van der Waals surface area contributed by atoms with Gasteiger partial charge in [-0.05, 0) is 91.5 Å². The van der Waals surface area contributed by atoms with Gasteiger partial charge in [-0.2, -0.15) is 0 Å². The van der Waals surface area contributed by atoms with E-state index in [0.717, 1.165) is 59.4 Å². The highest BCUT2D eigenvalue weighted by molar-refractivity contribution is 7.87. The summed E-state index contributed by atoms with van der Waals surface area (Å²) in [4.78, 5) is 0.477. The Kier molecular flexibility index (Phi) is 7.02. The largest absolute Gasteiger partial charge is 0.348 e. The van der Waals surface area contributed by atoms with Crippen molar-refractivity contribution in [2.75, 3.05) is 0 Å². The van der Waals surface area contributed by atoms with Gasteiger partial charge in [-0.1, -0.05) is 48.2 Å². The first-order valence-electron chi connectivity index (χ1n) is 12.3. The minimum atomic E-state index is -1.19. The van der Waals surface area contributed by atoms with Crippen LogP contribution in [0.3, 0.4) is 0 Å². The average Bonchev–Trinajstić information content (AvgIpc) is 3.58. The molecule has 0 spiro atoms. The van der Waals surface area contributed by atoms with E-state index in [1.54, 1.807) is 0 Å². The van der Waals surface area contributed by atoms with Crippen LogP contribution < -0.4 is 0 Å². The Balaban J connectivity index is 1.29. The second-order valence-corrected chi connectivity index (χ2v) is 14.1. The summed E-state index contributed by atoms with van der Waals surface area (Å²) in [5, 5.41) is 0. The van der Waals surface area contributed by atoms with Crippen LogP contribution in [0.5, 0.6) is 0 Å². The molecule has 4 unspecified atom stereocenters. The first-order chi connectivity index (χ1) is 15.9. The molecule has 0 bridgehead atoms. The number of rotatable bonds is 11. The Morgan fingerprint density at radius 3 is 1.15 bits per heavy atom. The molecule has 0 amide bonds. The zero-order valence-corrected chi connectivity index (χ0v) is 22.9. The molecular weight excluding hydrogens is 464 g/mol. The van der Waals surface area contributed by atoms with E-state index < -0.39 is 31.5 Å². The Hall–Kier alpha value is -1.34. The van der Waals surface area contributed by atoms with Gasteiger partial charge in [0.15, 0.2) is 9.87 Å². The van der Waals surface area contributed by atoms with Crippen LogP contribution in [0.1, 0.15) is 77.3 Å². The van der Waals surface area contributed by atoms with Crippen LogP contribution in [0.15, 0.2) is 58.3 Å². The van der Waals surface area contributed by atoms with Crippen molar-refractivity contribution >= 4 is 21.6 Å². The van der Waals surface area contributed by atoms with E-state index in [-0.39, 0.29) is 11.2 Å². The lowest BCUT2D eigenvalue weighted by Crippen LogP contribution is -2.27. The zero-order valence-electron chi connectivity index (χ0n) is 21.3.